The van der Waals surface area contributed by atoms with Crippen molar-refractivity contribution in [1.82, 2.24) is 9.97 Å². The van der Waals surface area contributed by atoms with Crippen LogP contribution in [0.1, 0.15) is 12.8 Å². The van der Waals surface area contributed by atoms with Gasteiger partial charge < -0.3 is 10.1 Å². The number of rotatable bonds is 6. The highest BCUT2D eigenvalue weighted by Crippen LogP contribution is 2.46. The number of hydrogen-bond donors (Lipinski definition) is 1. The zero-order valence-electron chi connectivity index (χ0n) is 10.5. The van der Waals surface area contributed by atoms with E-state index in [0.717, 1.165) is 12.8 Å². The lowest BCUT2D eigenvalue weighted by Gasteiger charge is -2.14. The second kappa shape index (κ2) is 4.72. The molecule has 0 amide bonds. The first-order valence-electron chi connectivity index (χ1n) is 5.71. The van der Waals surface area contributed by atoms with Gasteiger partial charge in [-0.1, -0.05) is 0 Å². The Labute approximate surface area is 107 Å². The summed E-state index contributed by atoms with van der Waals surface area (Å²) in [5.41, 5.74) is -0.139. The number of methoxy groups -OCH3 is 1. The van der Waals surface area contributed by atoms with Gasteiger partial charge in [0.1, 0.15) is 9.84 Å². The molecule has 6 nitrogen and oxygen atoms in total. The van der Waals surface area contributed by atoms with Crippen molar-refractivity contribution in [3.05, 3.63) is 12.3 Å². The molecule has 7 heteroatoms. The van der Waals surface area contributed by atoms with E-state index in [1.807, 2.05) is 0 Å². The average molecular weight is 271 g/mol. The van der Waals surface area contributed by atoms with Crippen LogP contribution in [0.3, 0.4) is 0 Å². The molecule has 0 spiro atoms. The standard InChI is InChI=1S/C11H17N3O3S/c1-17-9-3-6-12-10(14-9)13-7-11(4-5-11)8-18(2,15)16/h3,6H,4-5,7-8H2,1-2H3,(H,12,13,14). The smallest absolute Gasteiger partial charge is 0.225 e. The van der Waals surface area contributed by atoms with Gasteiger partial charge in [-0.15, -0.1) is 0 Å². The van der Waals surface area contributed by atoms with Gasteiger partial charge in [0, 0.05) is 30.5 Å². The van der Waals surface area contributed by atoms with Gasteiger partial charge in [-0.25, -0.2) is 13.4 Å². The van der Waals surface area contributed by atoms with Crippen molar-refractivity contribution >= 4 is 15.8 Å². The minimum absolute atomic E-state index is 0.139. The third-order valence-corrected chi connectivity index (χ3v) is 4.12. The summed E-state index contributed by atoms with van der Waals surface area (Å²) in [7, 11) is -1.40. The second-order valence-electron chi connectivity index (χ2n) is 4.85. The number of anilines is 1. The lowest BCUT2D eigenvalue weighted by atomic mass is 10.1. The Kier molecular flexibility index (Phi) is 3.43. The maximum Gasteiger partial charge on any atom is 0.225 e. The van der Waals surface area contributed by atoms with E-state index in [0.29, 0.717) is 18.4 Å². The maximum atomic E-state index is 11.3. The number of aromatic nitrogens is 2. The summed E-state index contributed by atoms with van der Waals surface area (Å²) >= 11 is 0. The molecular weight excluding hydrogens is 254 g/mol. The molecule has 1 fully saturated rings. The van der Waals surface area contributed by atoms with Gasteiger partial charge in [-0.3, -0.25) is 0 Å². The highest BCUT2D eigenvalue weighted by Gasteiger charge is 2.45. The SMILES string of the molecule is COc1ccnc(NCC2(CS(C)(=O)=O)CC2)n1. The largest absolute Gasteiger partial charge is 0.481 e. The molecule has 1 N–H and O–H groups in total. The molecule has 0 aromatic carbocycles. The Balaban J connectivity index is 1.95. The first-order valence-corrected chi connectivity index (χ1v) is 7.77. The molecule has 1 aliphatic carbocycles. The maximum absolute atomic E-state index is 11.3. The van der Waals surface area contributed by atoms with Crippen LogP contribution in [0.2, 0.25) is 0 Å². The van der Waals surface area contributed by atoms with Gasteiger partial charge in [-0.05, 0) is 12.8 Å². The van der Waals surface area contributed by atoms with Crippen LogP contribution in [-0.4, -0.2) is 44.0 Å². The molecule has 0 unspecified atom stereocenters. The number of sulfone groups is 1. The van der Waals surface area contributed by atoms with Crippen LogP contribution in [0.5, 0.6) is 5.88 Å². The Morgan fingerprint density at radius 2 is 2.22 bits per heavy atom. The van der Waals surface area contributed by atoms with Crippen LogP contribution >= 0.6 is 0 Å². The van der Waals surface area contributed by atoms with Gasteiger partial charge in [0.25, 0.3) is 0 Å². The summed E-state index contributed by atoms with van der Waals surface area (Å²) in [5, 5.41) is 3.08. The number of nitrogens with one attached hydrogen (secondary N) is 1. The molecule has 1 heterocycles. The van der Waals surface area contributed by atoms with E-state index in [1.54, 1.807) is 12.3 Å². The summed E-state index contributed by atoms with van der Waals surface area (Å²) < 4.78 is 27.6. The van der Waals surface area contributed by atoms with Crippen molar-refractivity contribution in [2.45, 2.75) is 12.8 Å². The normalized spacial score (nSPS) is 17.2. The molecule has 100 valence electrons. The predicted molar refractivity (Wildman–Crippen MR) is 68.5 cm³/mol. The fourth-order valence-electron chi connectivity index (χ4n) is 1.91. The van der Waals surface area contributed by atoms with Crippen molar-refractivity contribution in [2.75, 3.05) is 31.0 Å². The van der Waals surface area contributed by atoms with Gasteiger partial charge >= 0.3 is 0 Å². The molecule has 2 rings (SSSR count). The van der Waals surface area contributed by atoms with Crippen molar-refractivity contribution in [1.29, 1.82) is 0 Å². The summed E-state index contributed by atoms with van der Waals surface area (Å²) in [6, 6.07) is 1.66. The van der Waals surface area contributed by atoms with Crippen molar-refractivity contribution in [2.24, 2.45) is 5.41 Å². The topological polar surface area (TPSA) is 81.2 Å². The first-order chi connectivity index (χ1) is 8.42. The molecule has 0 atom stereocenters. The van der Waals surface area contributed by atoms with Crippen LogP contribution in [0.25, 0.3) is 0 Å². The summed E-state index contributed by atoms with van der Waals surface area (Å²) in [6.45, 7) is 0.577. The third-order valence-electron chi connectivity index (χ3n) is 2.99. The molecule has 1 aromatic rings. The Bertz CT molecular complexity index is 526. The molecule has 0 bridgehead atoms. The van der Waals surface area contributed by atoms with Crippen LogP contribution in [-0.2, 0) is 9.84 Å². The Hall–Kier alpha value is -1.37. The molecule has 1 saturated carbocycles. The van der Waals surface area contributed by atoms with E-state index in [1.165, 1.54) is 13.4 Å². The molecule has 1 aromatic heterocycles. The van der Waals surface area contributed by atoms with Gasteiger partial charge in [0.15, 0.2) is 0 Å². The second-order valence-corrected chi connectivity index (χ2v) is 6.99. The summed E-state index contributed by atoms with van der Waals surface area (Å²) in [6.07, 6.45) is 4.73. The zero-order chi connectivity index (χ0) is 13.2. The monoisotopic (exact) mass is 271 g/mol. The molecular formula is C11H17N3O3S. The lowest BCUT2D eigenvalue weighted by molar-refractivity contribution is 0.397. The van der Waals surface area contributed by atoms with E-state index in [9.17, 15) is 8.42 Å². The fraction of sp³-hybridized carbons (Fsp3) is 0.636. The van der Waals surface area contributed by atoms with Crippen molar-refractivity contribution < 1.29 is 13.2 Å². The van der Waals surface area contributed by atoms with E-state index in [-0.39, 0.29) is 11.2 Å². The number of nitrogens with zero attached hydrogens (tertiary/aromatic N) is 2. The number of hydrogen-bond acceptors (Lipinski definition) is 6. The van der Waals surface area contributed by atoms with Crippen molar-refractivity contribution in [3.8, 4) is 5.88 Å². The van der Waals surface area contributed by atoms with Crippen LogP contribution in [0.4, 0.5) is 5.95 Å². The lowest BCUT2D eigenvalue weighted by Crippen LogP contribution is -2.24. The highest BCUT2D eigenvalue weighted by molar-refractivity contribution is 7.90. The minimum atomic E-state index is -2.94. The van der Waals surface area contributed by atoms with Crippen LogP contribution in [0.15, 0.2) is 12.3 Å². The summed E-state index contributed by atoms with van der Waals surface area (Å²) in [5.74, 6) is 1.17. The van der Waals surface area contributed by atoms with Gasteiger partial charge in [0.2, 0.25) is 11.8 Å². The van der Waals surface area contributed by atoms with Gasteiger partial charge in [-0.2, -0.15) is 4.98 Å². The molecule has 18 heavy (non-hydrogen) atoms. The van der Waals surface area contributed by atoms with E-state index in [2.05, 4.69) is 15.3 Å². The van der Waals surface area contributed by atoms with Crippen molar-refractivity contribution in [3.63, 3.8) is 0 Å². The molecule has 0 radical (unpaired) electrons. The Morgan fingerprint density at radius 1 is 1.50 bits per heavy atom. The Morgan fingerprint density at radius 3 is 2.78 bits per heavy atom. The summed E-state index contributed by atoms with van der Waals surface area (Å²) in [4.78, 5) is 8.19. The minimum Gasteiger partial charge on any atom is -0.481 e. The quantitative estimate of drug-likeness (QED) is 0.821. The highest BCUT2D eigenvalue weighted by atomic mass is 32.2. The molecule has 0 aliphatic heterocycles. The average Bonchev–Trinajstić information content (AvgIpc) is 3.05. The van der Waals surface area contributed by atoms with E-state index >= 15 is 0 Å². The third kappa shape index (κ3) is 3.56. The number of ether oxygens (including phenoxy) is 1. The van der Waals surface area contributed by atoms with E-state index in [4.69, 9.17) is 4.74 Å². The van der Waals surface area contributed by atoms with Crippen LogP contribution < -0.4 is 10.1 Å². The fourth-order valence-corrected chi connectivity index (χ4v) is 3.42. The van der Waals surface area contributed by atoms with Crippen LogP contribution in [0, 0.1) is 5.41 Å². The zero-order valence-corrected chi connectivity index (χ0v) is 11.3. The predicted octanol–water partition coefficient (Wildman–Crippen LogP) is 0.722. The van der Waals surface area contributed by atoms with E-state index < -0.39 is 9.84 Å². The first kappa shape index (κ1) is 13.1. The molecule has 0 saturated heterocycles. The van der Waals surface area contributed by atoms with Gasteiger partial charge in [0.05, 0.1) is 12.9 Å². The molecule has 1 aliphatic rings.